The summed E-state index contributed by atoms with van der Waals surface area (Å²) in [7, 11) is 0. The Morgan fingerprint density at radius 2 is 2.02 bits per heavy atom. The maximum absolute atomic E-state index is 11.9. The van der Waals surface area contributed by atoms with Gasteiger partial charge < -0.3 is 30.2 Å². The highest BCUT2D eigenvalue weighted by Crippen LogP contribution is 2.37. The maximum atomic E-state index is 11.9. The summed E-state index contributed by atoms with van der Waals surface area (Å²) in [4.78, 5) is 38.4. The molecule has 2 saturated heterocycles. The summed E-state index contributed by atoms with van der Waals surface area (Å²) in [6.45, 7) is 5.58. The number of urea groups is 1. The van der Waals surface area contributed by atoms with Crippen LogP contribution in [-0.4, -0.2) is 70.8 Å². The van der Waals surface area contributed by atoms with Crippen LogP contribution in [0.1, 0.15) is 50.6 Å². The number of nitrogens with one attached hydrogen (secondary N) is 3. The number of imidazole rings is 1. The average Bonchev–Trinajstić information content (AvgIpc) is 3.91. The van der Waals surface area contributed by atoms with Gasteiger partial charge in [-0.15, -0.1) is 11.3 Å². The van der Waals surface area contributed by atoms with Gasteiger partial charge in [0, 0.05) is 62.9 Å². The molecule has 2 fully saturated rings. The lowest BCUT2D eigenvalue weighted by atomic mass is 9.88. The number of carboxylic acid groups (broad SMARTS) is 1. The van der Waals surface area contributed by atoms with E-state index in [9.17, 15) is 14.7 Å². The van der Waals surface area contributed by atoms with Crippen LogP contribution in [0, 0.1) is 0 Å². The summed E-state index contributed by atoms with van der Waals surface area (Å²) in [6.07, 6.45) is 5.61. The topological polar surface area (TPSA) is 139 Å². The Kier molecular flexibility index (Phi) is 8.40. The van der Waals surface area contributed by atoms with E-state index in [0.717, 1.165) is 57.2 Å². The van der Waals surface area contributed by atoms with Crippen LogP contribution in [0.15, 0.2) is 66.4 Å². The van der Waals surface area contributed by atoms with Crippen molar-refractivity contribution in [3.05, 3.63) is 72.0 Å². The van der Waals surface area contributed by atoms with E-state index < -0.39 is 5.97 Å². The van der Waals surface area contributed by atoms with Crippen molar-refractivity contribution in [2.24, 2.45) is 0 Å². The van der Waals surface area contributed by atoms with E-state index in [4.69, 9.17) is 15.0 Å². The summed E-state index contributed by atoms with van der Waals surface area (Å²) in [6, 6.07) is 17.1. The number of benzene rings is 2. The largest absolute Gasteiger partial charge is 0.481 e. The predicted octanol–water partition coefficient (Wildman–Crippen LogP) is 6.86. The zero-order chi connectivity index (χ0) is 33.6. The van der Waals surface area contributed by atoms with Gasteiger partial charge in [0.25, 0.3) is 0 Å². The van der Waals surface area contributed by atoms with Gasteiger partial charge in [-0.05, 0) is 67.8 Å². The molecule has 2 aromatic carbocycles. The quantitative estimate of drug-likeness (QED) is 0.102. The van der Waals surface area contributed by atoms with Crippen molar-refractivity contribution in [3.63, 3.8) is 0 Å². The van der Waals surface area contributed by atoms with Gasteiger partial charge in [0.05, 0.1) is 24.8 Å². The molecule has 0 spiro atoms. The van der Waals surface area contributed by atoms with Gasteiger partial charge in [-0.2, -0.15) is 11.8 Å². The molecule has 252 valence electrons. The Morgan fingerprint density at radius 3 is 2.88 bits per heavy atom. The van der Waals surface area contributed by atoms with E-state index in [2.05, 4.69) is 93.0 Å². The summed E-state index contributed by atoms with van der Waals surface area (Å²) in [5.41, 5.74) is 4.71. The Morgan fingerprint density at radius 1 is 1.14 bits per heavy atom. The van der Waals surface area contributed by atoms with Crippen molar-refractivity contribution in [2.75, 3.05) is 17.6 Å². The zero-order valence-electron chi connectivity index (χ0n) is 27.3. The van der Waals surface area contributed by atoms with Crippen LogP contribution >= 0.6 is 23.1 Å². The molecular formula is C36H38N8O3S2. The lowest BCUT2D eigenvalue weighted by molar-refractivity contribution is -0.137. The second kappa shape index (κ2) is 13.0. The van der Waals surface area contributed by atoms with Gasteiger partial charge >= 0.3 is 12.0 Å². The fraction of sp³-hybridized carbons (Fsp3) is 0.361. The van der Waals surface area contributed by atoms with Crippen molar-refractivity contribution in [1.82, 2.24) is 34.7 Å². The highest BCUT2D eigenvalue weighted by atomic mass is 32.2. The van der Waals surface area contributed by atoms with Crippen molar-refractivity contribution in [1.29, 1.82) is 0 Å². The number of thioether (sulfide) groups is 1. The van der Waals surface area contributed by atoms with Crippen LogP contribution in [0.3, 0.4) is 0 Å². The number of nitrogens with zero attached hydrogens (tertiary/aromatic N) is 5. The van der Waals surface area contributed by atoms with Gasteiger partial charge in [0.15, 0.2) is 17.3 Å². The number of hydrogen-bond acceptors (Lipinski definition) is 8. The molecule has 6 heterocycles. The Bertz CT molecular complexity index is 2190. The maximum Gasteiger partial charge on any atom is 0.315 e. The van der Waals surface area contributed by atoms with Crippen LogP contribution in [0.4, 0.5) is 10.6 Å². The number of carbonyl (C=O) groups excluding carboxylic acids is 1. The standard InChI is InChI=1S/C36H38N8O3S2/c1-20(2)44-19-38-32-34(41-33(42-35(32)44)25-17-48-28-6-4-3-5-24(25)28)37-12-14-43-13-11-23-15-21(7-9-27(23)43)22(16-30(45)46)8-10-29-31-26(18-49-29)39-36(47)40-31/h3-7,9,11,13,15,17,19-20,22,26,29,31H,8,10,12,14,16,18H2,1-2H3,(H,45,46)(H,37,41,42)(H2,39,40,47)/t22?,26-,29-,31-/m0/s1. The number of hydrogen-bond donors (Lipinski definition) is 4. The smallest absolute Gasteiger partial charge is 0.315 e. The zero-order valence-corrected chi connectivity index (χ0v) is 28.9. The number of fused-ring (bicyclic) bond motifs is 4. The fourth-order valence-electron chi connectivity index (χ4n) is 7.26. The molecular weight excluding hydrogens is 657 g/mol. The minimum atomic E-state index is -0.797. The third kappa shape index (κ3) is 6.10. The number of aliphatic carboxylic acids is 1. The summed E-state index contributed by atoms with van der Waals surface area (Å²) < 4.78 is 5.50. The molecule has 0 saturated carbocycles. The number of carbonyl (C=O) groups is 2. The molecule has 4 N–H and O–H groups in total. The highest BCUT2D eigenvalue weighted by Gasteiger charge is 2.43. The van der Waals surface area contributed by atoms with Crippen molar-refractivity contribution in [3.8, 4) is 11.4 Å². The van der Waals surface area contributed by atoms with Gasteiger partial charge in [0.2, 0.25) is 0 Å². The average molecular weight is 695 g/mol. The van der Waals surface area contributed by atoms with Crippen LogP contribution in [0.5, 0.6) is 0 Å². The predicted molar refractivity (Wildman–Crippen MR) is 197 cm³/mol. The summed E-state index contributed by atoms with van der Waals surface area (Å²) in [5.74, 6) is 1.39. The normalized spacial score (nSPS) is 19.5. The first-order valence-electron chi connectivity index (χ1n) is 16.8. The number of anilines is 1. The third-order valence-electron chi connectivity index (χ3n) is 9.77. The fourth-order valence-corrected chi connectivity index (χ4v) is 9.71. The molecule has 8 rings (SSSR count). The van der Waals surface area contributed by atoms with E-state index in [0.29, 0.717) is 24.7 Å². The molecule has 2 amide bonds. The summed E-state index contributed by atoms with van der Waals surface area (Å²) in [5, 5.41) is 24.0. The first-order valence-corrected chi connectivity index (χ1v) is 18.7. The van der Waals surface area contributed by atoms with E-state index >= 15 is 0 Å². The van der Waals surface area contributed by atoms with Crippen molar-refractivity contribution < 1.29 is 14.7 Å². The molecule has 4 aromatic heterocycles. The van der Waals surface area contributed by atoms with Crippen LogP contribution in [-0.2, 0) is 11.3 Å². The highest BCUT2D eigenvalue weighted by molar-refractivity contribution is 8.00. The SMILES string of the molecule is CC(C)n1cnc2c(NCCn3ccc4cc(C(CC[C@@H]5SC[C@@H]6NC(=O)N[C@@H]65)CC(=O)O)ccc43)nc(-c3csc4ccccc34)nc21. The Hall–Kier alpha value is -4.62. The molecule has 0 aliphatic carbocycles. The van der Waals surface area contributed by atoms with E-state index in [-0.39, 0.29) is 41.7 Å². The van der Waals surface area contributed by atoms with Gasteiger partial charge in [-0.25, -0.2) is 19.7 Å². The number of carboxylic acids is 1. The minimum absolute atomic E-state index is 0.0787. The number of aromatic nitrogens is 5. The molecule has 4 atom stereocenters. The first-order chi connectivity index (χ1) is 23.8. The van der Waals surface area contributed by atoms with E-state index in [1.54, 1.807) is 11.3 Å². The molecule has 0 radical (unpaired) electrons. The molecule has 0 bridgehead atoms. The molecule has 13 heteroatoms. The first kappa shape index (κ1) is 31.6. The van der Waals surface area contributed by atoms with Gasteiger partial charge in [-0.3, -0.25) is 4.79 Å². The molecule has 49 heavy (non-hydrogen) atoms. The number of amides is 2. The minimum Gasteiger partial charge on any atom is -0.481 e. The lowest BCUT2D eigenvalue weighted by Crippen LogP contribution is -2.37. The van der Waals surface area contributed by atoms with E-state index in [1.807, 2.05) is 24.2 Å². The summed E-state index contributed by atoms with van der Waals surface area (Å²) >= 11 is 3.56. The molecule has 2 aliphatic heterocycles. The Balaban J connectivity index is 0.998. The lowest BCUT2D eigenvalue weighted by Gasteiger charge is -2.21. The number of thiophene rings is 1. The third-order valence-corrected chi connectivity index (χ3v) is 12.2. The van der Waals surface area contributed by atoms with Crippen LogP contribution < -0.4 is 16.0 Å². The van der Waals surface area contributed by atoms with Crippen LogP contribution in [0.2, 0.25) is 0 Å². The monoisotopic (exact) mass is 694 g/mol. The molecule has 6 aromatic rings. The van der Waals surface area contributed by atoms with E-state index in [1.165, 1.54) is 4.70 Å². The second-order valence-corrected chi connectivity index (χ2v) is 15.4. The Labute approximate surface area is 291 Å². The number of rotatable bonds is 12. The molecule has 1 unspecified atom stereocenters. The van der Waals surface area contributed by atoms with Crippen molar-refractivity contribution in [2.45, 2.75) is 68.9 Å². The van der Waals surface area contributed by atoms with Gasteiger partial charge in [-0.1, -0.05) is 24.3 Å². The molecule has 2 aliphatic rings. The van der Waals surface area contributed by atoms with Crippen molar-refractivity contribution >= 4 is 73.1 Å². The second-order valence-electron chi connectivity index (χ2n) is 13.2. The molecule has 11 nitrogen and oxygen atoms in total. The van der Waals surface area contributed by atoms with Crippen LogP contribution in [0.25, 0.3) is 43.5 Å². The van der Waals surface area contributed by atoms with Gasteiger partial charge in [0.1, 0.15) is 5.52 Å².